The maximum atomic E-state index is 12.4. The minimum absolute atomic E-state index is 0.0876. The molecule has 8 heteroatoms. The van der Waals surface area contributed by atoms with Crippen molar-refractivity contribution in [2.24, 2.45) is 0 Å². The molecule has 0 aliphatic carbocycles. The maximum Gasteiger partial charge on any atom is 0.234 e. The average Bonchev–Trinajstić information content (AvgIpc) is 3.22. The topological polar surface area (TPSA) is 72.7 Å². The van der Waals surface area contributed by atoms with Crippen molar-refractivity contribution in [1.29, 1.82) is 0 Å². The molecule has 2 aromatic carbocycles. The lowest BCUT2D eigenvalue weighted by atomic mass is 10.1. The van der Waals surface area contributed by atoms with E-state index < -0.39 is 0 Å². The van der Waals surface area contributed by atoms with Crippen LogP contribution in [-0.4, -0.2) is 31.4 Å². The van der Waals surface area contributed by atoms with Crippen LogP contribution in [0.2, 0.25) is 0 Å². The first-order valence-electron chi connectivity index (χ1n) is 9.75. The first kappa shape index (κ1) is 21.3. The number of benzene rings is 2. The zero-order valence-corrected chi connectivity index (χ0v) is 19.0. The molecule has 0 bridgehead atoms. The van der Waals surface area contributed by atoms with E-state index in [1.165, 1.54) is 17.3 Å². The van der Waals surface area contributed by atoms with Crippen molar-refractivity contribution in [2.75, 3.05) is 11.1 Å². The smallest absolute Gasteiger partial charge is 0.234 e. The second-order valence-corrected chi connectivity index (χ2v) is 8.63. The van der Waals surface area contributed by atoms with Crippen LogP contribution in [0.3, 0.4) is 0 Å². The van der Waals surface area contributed by atoms with E-state index in [-0.39, 0.29) is 11.7 Å². The summed E-state index contributed by atoms with van der Waals surface area (Å²) >= 11 is 4.78. The summed E-state index contributed by atoms with van der Waals surface area (Å²) in [5, 5.41) is 12.4. The normalized spacial score (nSPS) is 10.7. The number of amides is 1. The van der Waals surface area contributed by atoms with Gasteiger partial charge in [0.1, 0.15) is 0 Å². The summed E-state index contributed by atoms with van der Waals surface area (Å²) < 4.78 is 3.04. The van der Waals surface area contributed by atoms with Crippen molar-refractivity contribution in [3.8, 4) is 11.4 Å². The van der Waals surface area contributed by atoms with Crippen molar-refractivity contribution in [2.45, 2.75) is 18.1 Å². The highest BCUT2D eigenvalue weighted by Crippen LogP contribution is 2.24. The van der Waals surface area contributed by atoms with Crippen molar-refractivity contribution >= 4 is 39.3 Å². The third-order valence-electron chi connectivity index (χ3n) is 4.58. The summed E-state index contributed by atoms with van der Waals surface area (Å²) in [5.41, 5.74) is 2.94. The van der Waals surface area contributed by atoms with Crippen LogP contribution >= 0.6 is 27.7 Å². The second kappa shape index (κ2) is 10.4. The number of carbonyl (C=O) groups is 1. The molecule has 0 atom stereocenters. The van der Waals surface area contributed by atoms with Gasteiger partial charge >= 0.3 is 0 Å². The molecular formula is C23H20BrN5OS. The highest BCUT2D eigenvalue weighted by Gasteiger charge is 2.16. The molecule has 0 aliphatic heterocycles. The zero-order valence-electron chi connectivity index (χ0n) is 16.6. The summed E-state index contributed by atoms with van der Waals surface area (Å²) in [5.74, 6) is 0.931. The molecule has 0 unspecified atom stereocenters. The van der Waals surface area contributed by atoms with Crippen LogP contribution in [0.1, 0.15) is 5.56 Å². The highest BCUT2D eigenvalue weighted by molar-refractivity contribution is 9.10. The number of anilines is 1. The largest absolute Gasteiger partial charge is 0.325 e. The Kier molecular flexibility index (Phi) is 7.11. The predicted molar refractivity (Wildman–Crippen MR) is 127 cm³/mol. The van der Waals surface area contributed by atoms with Gasteiger partial charge in [-0.2, -0.15) is 0 Å². The molecule has 4 rings (SSSR count). The van der Waals surface area contributed by atoms with Crippen LogP contribution in [0.15, 0.2) is 88.8 Å². The monoisotopic (exact) mass is 493 g/mol. The SMILES string of the molecule is O=C(CSc1nnc(-c2ccncc2)n1CCc1ccccc1)Nc1ccc(Br)cc1. The van der Waals surface area contributed by atoms with Crippen LogP contribution in [0.25, 0.3) is 11.4 Å². The van der Waals surface area contributed by atoms with Crippen LogP contribution in [0, 0.1) is 0 Å². The van der Waals surface area contributed by atoms with E-state index in [2.05, 4.69) is 53.1 Å². The second-order valence-electron chi connectivity index (χ2n) is 6.77. The molecular weight excluding hydrogens is 474 g/mol. The third kappa shape index (κ3) is 5.80. The molecule has 4 aromatic rings. The molecule has 1 N–H and O–H groups in total. The molecule has 2 aromatic heterocycles. The number of thioether (sulfide) groups is 1. The number of halogens is 1. The van der Waals surface area contributed by atoms with Gasteiger partial charge in [0, 0.05) is 34.7 Å². The van der Waals surface area contributed by atoms with Gasteiger partial charge in [-0.05, 0) is 48.4 Å². The fourth-order valence-electron chi connectivity index (χ4n) is 3.06. The van der Waals surface area contributed by atoms with Crippen molar-refractivity contribution in [1.82, 2.24) is 19.7 Å². The van der Waals surface area contributed by atoms with E-state index in [4.69, 9.17) is 0 Å². The summed E-state index contributed by atoms with van der Waals surface area (Å²) in [6.45, 7) is 0.714. The third-order valence-corrected chi connectivity index (χ3v) is 6.08. The molecule has 1 amide bonds. The first-order valence-corrected chi connectivity index (χ1v) is 11.5. The van der Waals surface area contributed by atoms with Crippen LogP contribution in [0.4, 0.5) is 5.69 Å². The van der Waals surface area contributed by atoms with Gasteiger partial charge in [0.15, 0.2) is 11.0 Å². The molecule has 0 saturated heterocycles. The minimum Gasteiger partial charge on any atom is -0.325 e. The fraction of sp³-hybridized carbons (Fsp3) is 0.130. The van der Waals surface area contributed by atoms with E-state index >= 15 is 0 Å². The summed E-state index contributed by atoms with van der Waals surface area (Å²) in [6, 6.07) is 21.6. The van der Waals surface area contributed by atoms with E-state index in [1.807, 2.05) is 54.6 Å². The maximum absolute atomic E-state index is 12.4. The highest BCUT2D eigenvalue weighted by atomic mass is 79.9. The lowest BCUT2D eigenvalue weighted by molar-refractivity contribution is -0.113. The number of rotatable bonds is 8. The van der Waals surface area contributed by atoms with E-state index in [0.717, 1.165) is 28.0 Å². The predicted octanol–water partition coefficient (Wildman–Crippen LogP) is 5.08. The first-order chi connectivity index (χ1) is 15.2. The number of aromatic nitrogens is 4. The Labute approximate surface area is 193 Å². The van der Waals surface area contributed by atoms with Crippen LogP contribution in [-0.2, 0) is 17.8 Å². The van der Waals surface area contributed by atoms with E-state index in [1.54, 1.807) is 12.4 Å². The Bertz CT molecular complexity index is 1130. The zero-order chi connectivity index (χ0) is 21.5. The van der Waals surface area contributed by atoms with Crippen molar-refractivity contribution in [3.05, 3.63) is 89.2 Å². The van der Waals surface area contributed by atoms with Gasteiger partial charge in [0.05, 0.1) is 5.75 Å². The van der Waals surface area contributed by atoms with Gasteiger partial charge < -0.3 is 9.88 Å². The van der Waals surface area contributed by atoms with Crippen LogP contribution < -0.4 is 5.32 Å². The number of nitrogens with zero attached hydrogens (tertiary/aromatic N) is 4. The van der Waals surface area contributed by atoms with Crippen LogP contribution in [0.5, 0.6) is 0 Å². The van der Waals surface area contributed by atoms with E-state index in [9.17, 15) is 4.79 Å². The lowest BCUT2D eigenvalue weighted by Crippen LogP contribution is -2.15. The molecule has 31 heavy (non-hydrogen) atoms. The van der Waals surface area contributed by atoms with Crippen molar-refractivity contribution in [3.63, 3.8) is 0 Å². The summed E-state index contributed by atoms with van der Waals surface area (Å²) in [4.78, 5) is 16.5. The van der Waals surface area contributed by atoms with Gasteiger partial charge in [-0.3, -0.25) is 9.78 Å². The van der Waals surface area contributed by atoms with Crippen molar-refractivity contribution < 1.29 is 4.79 Å². The van der Waals surface area contributed by atoms with Gasteiger partial charge in [0.25, 0.3) is 0 Å². The molecule has 0 fully saturated rings. The lowest BCUT2D eigenvalue weighted by Gasteiger charge is -2.11. The number of hydrogen-bond acceptors (Lipinski definition) is 5. The molecule has 156 valence electrons. The standard InChI is InChI=1S/C23H20BrN5OS/c24-19-6-8-20(9-7-19)26-21(30)16-31-23-28-27-22(18-10-13-25-14-11-18)29(23)15-12-17-4-2-1-3-5-17/h1-11,13-14H,12,15-16H2,(H,26,30). The Balaban J connectivity index is 1.48. The molecule has 6 nitrogen and oxygen atoms in total. The molecule has 0 spiro atoms. The van der Waals surface area contributed by atoms with Gasteiger partial charge in [-0.1, -0.05) is 58.0 Å². The Morgan fingerprint density at radius 2 is 1.71 bits per heavy atom. The number of nitrogens with one attached hydrogen (secondary N) is 1. The summed E-state index contributed by atoms with van der Waals surface area (Å²) in [7, 11) is 0. The Hall–Kier alpha value is -2.97. The Morgan fingerprint density at radius 3 is 2.45 bits per heavy atom. The number of carbonyl (C=O) groups excluding carboxylic acids is 1. The van der Waals surface area contributed by atoms with Gasteiger partial charge in [-0.15, -0.1) is 10.2 Å². The minimum atomic E-state index is -0.0876. The average molecular weight is 494 g/mol. The number of aryl methyl sites for hydroxylation is 1. The molecule has 0 radical (unpaired) electrons. The summed E-state index contributed by atoms with van der Waals surface area (Å²) in [6.07, 6.45) is 4.32. The van der Waals surface area contributed by atoms with Gasteiger partial charge in [0.2, 0.25) is 5.91 Å². The molecule has 0 saturated carbocycles. The quantitative estimate of drug-likeness (QED) is 0.346. The van der Waals surface area contributed by atoms with Gasteiger partial charge in [-0.25, -0.2) is 0 Å². The number of hydrogen-bond donors (Lipinski definition) is 1. The number of pyridine rings is 1. The Morgan fingerprint density at radius 1 is 0.968 bits per heavy atom. The fourth-order valence-corrected chi connectivity index (χ4v) is 4.09. The molecule has 0 aliphatic rings. The molecule has 2 heterocycles. The van der Waals surface area contributed by atoms with E-state index in [0.29, 0.717) is 11.7 Å².